The zero-order valence-electron chi connectivity index (χ0n) is 36.8. The molecule has 2 amide bonds. The van der Waals surface area contributed by atoms with Crippen LogP contribution in [0.2, 0.25) is 0 Å². The smallest absolute Gasteiger partial charge is 0.338 e. The number of ether oxygens (including phenoxy) is 9. The average molecular weight is 941 g/mol. The van der Waals surface area contributed by atoms with Gasteiger partial charge in [0.1, 0.15) is 13.2 Å². The Morgan fingerprint density at radius 2 is 1.02 bits per heavy atom. The van der Waals surface area contributed by atoms with Crippen LogP contribution in [0.15, 0.2) is 48.5 Å². The zero-order chi connectivity index (χ0) is 46.5. The lowest BCUT2D eigenvalue weighted by Gasteiger charge is -2.18. The number of carbonyl (C=O) groups excluding carboxylic acids is 5. The Morgan fingerprint density at radius 3 is 1.52 bits per heavy atom. The number of aliphatic carboxylic acids is 1. The molecule has 0 spiro atoms. The minimum atomic E-state index is -1.27. The highest BCUT2D eigenvalue weighted by Crippen LogP contribution is 2.25. The van der Waals surface area contributed by atoms with Gasteiger partial charge in [-0.15, -0.1) is 0 Å². The molecule has 0 saturated carbocycles. The van der Waals surface area contributed by atoms with Gasteiger partial charge in [0.15, 0.2) is 0 Å². The molecule has 0 heterocycles. The number of nitrogens with one attached hydrogen (secondary N) is 2. The molecule has 0 aliphatic heterocycles. The number of carboxylic acid groups (broad SMARTS) is 1. The highest BCUT2D eigenvalue weighted by Gasteiger charge is 2.25. The van der Waals surface area contributed by atoms with Crippen molar-refractivity contribution in [2.24, 2.45) is 0 Å². The zero-order valence-corrected chi connectivity index (χ0v) is 38.5. The van der Waals surface area contributed by atoms with Crippen LogP contribution in [0.25, 0.3) is 0 Å². The molecule has 2 aromatic carbocycles. The van der Waals surface area contributed by atoms with Crippen LogP contribution in [0, 0.1) is 0 Å². The number of hydrogen-bond acceptors (Lipinski definition) is 17. The van der Waals surface area contributed by atoms with Gasteiger partial charge in [0.25, 0.3) is 5.91 Å². The third-order valence-electron chi connectivity index (χ3n) is 8.62. The molecule has 358 valence electrons. The molecule has 2 aromatic rings. The Balaban J connectivity index is 1.72. The van der Waals surface area contributed by atoms with Gasteiger partial charge in [0, 0.05) is 44.4 Å². The number of hydrogen-bond donors (Lipinski definition) is 3. The number of esters is 3. The highest BCUT2D eigenvalue weighted by atomic mass is 33.1. The minimum absolute atomic E-state index is 0.00447. The summed E-state index contributed by atoms with van der Waals surface area (Å²) in [5.74, 6) is -2.47. The summed E-state index contributed by atoms with van der Waals surface area (Å²) in [7, 11) is 5.87. The van der Waals surface area contributed by atoms with Gasteiger partial charge in [-0.2, -0.15) is 0 Å². The number of rotatable bonds is 39. The summed E-state index contributed by atoms with van der Waals surface area (Å²) < 4.78 is 47.3. The Labute approximate surface area is 383 Å². The van der Waals surface area contributed by atoms with Crippen molar-refractivity contribution < 1.29 is 76.5 Å². The normalized spacial score (nSPS) is 11.4. The molecule has 2 rings (SSSR count). The molecular weight excluding hydrogens is 877 g/mol. The molecule has 0 aliphatic carbocycles. The summed E-state index contributed by atoms with van der Waals surface area (Å²) in [5.41, 5.74) is 1.74. The van der Waals surface area contributed by atoms with Crippen LogP contribution in [-0.2, 0) is 68.2 Å². The molecule has 0 saturated heterocycles. The van der Waals surface area contributed by atoms with Gasteiger partial charge < -0.3 is 58.4 Å². The van der Waals surface area contributed by atoms with E-state index in [0.717, 1.165) is 24.8 Å². The van der Waals surface area contributed by atoms with Crippen molar-refractivity contribution in [1.82, 2.24) is 10.6 Å². The topological polar surface area (TPSA) is 230 Å². The lowest BCUT2D eigenvalue weighted by molar-refractivity contribution is -0.156. The molecule has 0 aromatic heterocycles. The highest BCUT2D eigenvalue weighted by molar-refractivity contribution is 8.76. The van der Waals surface area contributed by atoms with E-state index in [1.54, 1.807) is 38.5 Å². The molecule has 0 bridgehead atoms. The van der Waals surface area contributed by atoms with E-state index in [9.17, 15) is 28.8 Å². The predicted molar refractivity (Wildman–Crippen MR) is 239 cm³/mol. The number of benzene rings is 2. The van der Waals surface area contributed by atoms with Crippen LogP contribution in [-0.4, -0.2) is 159 Å². The fourth-order valence-corrected chi connectivity index (χ4v) is 7.20. The van der Waals surface area contributed by atoms with Gasteiger partial charge in [0.2, 0.25) is 12.0 Å². The molecule has 20 heteroatoms. The predicted octanol–water partition coefficient (Wildman–Crippen LogP) is 4.23. The SMILES string of the molecule is COCCOCCOCCOC(=O)c1ccc(CC(=O)NCCCCCCNC(=O)C(OC(=O)CCSSCCC(=O)O)c2ccc(C(=O)OCCOCCOCCOC)cc2)cc1. The lowest BCUT2D eigenvalue weighted by Crippen LogP contribution is -2.33. The Kier molecular flexibility index (Phi) is 32.3. The van der Waals surface area contributed by atoms with Crippen LogP contribution >= 0.6 is 21.6 Å². The molecular formula is C44H64N2O16S2. The first-order valence-corrected chi connectivity index (χ1v) is 23.7. The van der Waals surface area contributed by atoms with E-state index < -0.39 is 35.9 Å². The number of carbonyl (C=O) groups is 6. The maximum Gasteiger partial charge on any atom is 0.338 e. The number of carboxylic acids is 1. The van der Waals surface area contributed by atoms with E-state index in [1.807, 2.05) is 0 Å². The molecule has 3 N–H and O–H groups in total. The second-order valence-corrected chi connectivity index (χ2v) is 16.4. The number of unbranched alkanes of at least 4 members (excludes halogenated alkanes) is 3. The van der Waals surface area contributed by atoms with Crippen molar-refractivity contribution in [3.63, 3.8) is 0 Å². The quantitative estimate of drug-likeness (QED) is 0.0369. The van der Waals surface area contributed by atoms with Crippen LogP contribution in [0.1, 0.15) is 76.5 Å². The first kappa shape index (κ1) is 55.9. The summed E-state index contributed by atoms with van der Waals surface area (Å²) in [6.45, 7) is 4.88. The minimum Gasteiger partial charge on any atom is -0.481 e. The third-order valence-corrected chi connectivity index (χ3v) is 11.0. The fraction of sp³-hybridized carbons (Fsp3) is 0.591. The summed E-state index contributed by atoms with van der Waals surface area (Å²) in [6, 6.07) is 12.7. The fourth-order valence-electron chi connectivity index (χ4n) is 5.25. The van der Waals surface area contributed by atoms with Crippen molar-refractivity contribution in [3.05, 3.63) is 70.8 Å². The molecule has 0 aliphatic rings. The third kappa shape index (κ3) is 27.8. The first-order valence-electron chi connectivity index (χ1n) is 21.2. The second-order valence-electron chi connectivity index (χ2n) is 13.7. The molecule has 1 atom stereocenters. The van der Waals surface area contributed by atoms with Gasteiger partial charge in [-0.1, -0.05) is 58.7 Å². The summed E-state index contributed by atoms with van der Waals surface area (Å²) in [6.07, 6.45) is 1.85. The van der Waals surface area contributed by atoms with Crippen molar-refractivity contribution in [2.45, 2.75) is 51.0 Å². The average Bonchev–Trinajstić information content (AvgIpc) is 3.29. The van der Waals surface area contributed by atoms with Crippen molar-refractivity contribution >= 4 is 57.3 Å². The second kappa shape index (κ2) is 37.0. The molecule has 1 unspecified atom stereocenters. The van der Waals surface area contributed by atoms with Gasteiger partial charge in [-0.25, -0.2) is 9.59 Å². The lowest BCUT2D eigenvalue weighted by atomic mass is 10.1. The van der Waals surface area contributed by atoms with Crippen LogP contribution in [0.4, 0.5) is 0 Å². The first-order chi connectivity index (χ1) is 31.1. The molecule has 64 heavy (non-hydrogen) atoms. The van der Waals surface area contributed by atoms with E-state index in [0.29, 0.717) is 95.0 Å². The maximum absolute atomic E-state index is 13.3. The van der Waals surface area contributed by atoms with Gasteiger partial charge in [-0.3, -0.25) is 19.2 Å². The van der Waals surface area contributed by atoms with E-state index >= 15 is 0 Å². The van der Waals surface area contributed by atoms with Crippen LogP contribution in [0.3, 0.4) is 0 Å². The van der Waals surface area contributed by atoms with Crippen molar-refractivity contribution in [1.29, 1.82) is 0 Å². The van der Waals surface area contributed by atoms with Gasteiger partial charge in [0.05, 0.1) is 96.5 Å². The van der Waals surface area contributed by atoms with E-state index in [1.165, 1.54) is 45.9 Å². The van der Waals surface area contributed by atoms with Gasteiger partial charge in [-0.05, 0) is 42.7 Å². The monoisotopic (exact) mass is 940 g/mol. The summed E-state index contributed by atoms with van der Waals surface area (Å²) >= 11 is 0. The van der Waals surface area contributed by atoms with E-state index in [2.05, 4.69) is 10.6 Å². The maximum atomic E-state index is 13.3. The van der Waals surface area contributed by atoms with Crippen LogP contribution in [0.5, 0.6) is 0 Å². The van der Waals surface area contributed by atoms with Crippen molar-refractivity contribution in [3.8, 4) is 0 Å². The van der Waals surface area contributed by atoms with Gasteiger partial charge >= 0.3 is 23.9 Å². The standard InChI is InChI=1S/C44H64N2O16S2/c1-54-19-21-56-23-25-58-27-29-60-43(52)36-9-7-34(8-10-36)33-38(47)45-17-5-3-4-6-18-46-42(51)41(62-40(50)16-32-64-63-31-15-39(48)49)35-11-13-37(14-12-35)44(53)61-30-28-59-26-24-57-22-20-55-2/h7-14,41H,3-6,15-33H2,1-2H3,(H,45,47)(H,46,51)(H,48,49). The molecule has 18 nitrogen and oxygen atoms in total. The largest absolute Gasteiger partial charge is 0.481 e. The van der Waals surface area contributed by atoms with E-state index in [-0.39, 0.29) is 57.2 Å². The number of methoxy groups -OCH3 is 2. The molecule has 0 radical (unpaired) electrons. The van der Waals surface area contributed by atoms with E-state index in [4.69, 9.17) is 47.7 Å². The summed E-state index contributed by atoms with van der Waals surface area (Å²) in [5, 5.41) is 14.5. The molecule has 0 fully saturated rings. The van der Waals surface area contributed by atoms with Crippen LogP contribution < -0.4 is 10.6 Å². The summed E-state index contributed by atoms with van der Waals surface area (Å²) in [4.78, 5) is 74.3. The Hall–Kier alpha value is -4.28. The van der Waals surface area contributed by atoms with Crippen molar-refractivity contribution in [2.75, 3.05) is 118 Å². The Morgan fingerprint density at radius 1 is 0.562 bits per heavy atom. The number of amides is 2. The Bertz CT molecular complexity index is 1620.